The number of rotatable bonds is 4. The highest BCUT2D eigenvalue weighted by atomic mass is 16.5. The van der Waals surface area contributed by atoms with Crippen LogP contribution in [0.2, 0.25) is 0 Å². The van der Waals surface area contributed by atoms with Crippen LogP contribution >= 0.6 is 0 Å². The first kappa shape index (κ1) is 13.7. The van der Waals surface area contributed by atoms with Crippen molar-refractivity contribution < 1.29 is 9.84 Å². The number of phenols is 1. The van der Waals surface area contributed by atoms with Gasteiger partial charge in [-0.3, -0.25) is 4.90 Å². The molecular formula is C16H24N2O2. The molecule has 0 amide bonds. The molecule has 0 spiro atoms. The third-order valence-corrected chi connectivity index (χ3v) is 4.69. The second-order valence-electron chi connectivity index (χ2n) is 5.85. The van der Waals surface area contributed by atoms with Crippen molar-refractivity contribution >= 4 is 0 Å². The van der Waals surface area contributed by atoms with E-state index in [0.29, 0.717) is 11.8 Å². The molecule has 1 aromatic rings. The maximum Gasteiger partial charge on any atom is 0.160 e. The van der Waals surface area contributed by atoms with Gasteiger partial charge in [-0.1, -0.05) is 12.5 Å². The number of ether oxygens (including phenoxy) is 1. The number of phenolic OH excluding ortho intramolecular Hbond substituents is 1. The maximum absolute atomic E-state index is 9.79. The molecule has 3 rings (SSSR count). The highest BCUT2D eigenvalue weighted by Crippen LogP contribution is 2.43. The highest BCUT2D eigenvalue weighted by Gasteiger charge is 2.33. The molecule has 1 aliphatic heterocycles. The summed E-state index contributed by atoms with van der Waals surface area (Å²) in [6, 6.07) is 6.31. The van der Waals surface area contributed by atoms with Gasteiger partial charge in [0, 0.05) is 32.2 Å². The SMILES string of the molecule is COc1cc([C@H](C2CCC2)N2CCNCC2)ccc1O. The van der Waals surface area contributed by atoms with Gasteiger partial charge in [0.1, 0.15) is 0 Å². The van der Waals surface area contributed by atoms with E-state index in [1.165, 1.54) is 24.8 Å². The third kappa shape index (κ3) is 2.63. The minimum atomic E-state index is 0.226. The summed E-state index contributed by atoms with van der Waals surface area (Å²) in [5.41, 5.74) is 1.28. The first-order chi connectivity index (χ1) is 9.79. The largest absolute Gasteiger partial charge is 0.504 e. The second-order valence-corrected chi connectivity index (χ2v) is 5.85. The zero-order valence-electron chi connectivity index (χ0n) is 12.1. The molecule has 0 radical (unpaired) electrons. The number of piperazine rings is 1. The number of nitrogens with one attached hydrogen (secondary N) is 1. The summed E-state index contributed by atoms with van der Waals surface area (Å²) in [7, 11) is 1.61. The Morgan fingerprint density at radius 1 is 1.30 bits per heavy atom. The number of nitrogens with zero attached hydrogens (tertiary/aromatic N) is 1. The minimum absolute atomic E-state index is 0.226. The molecule has 0 bridgehead atoms. The van der Waals surface area contributed by atoms with Crippen molar-refractivity contribution in [1.82, 2.24) is 10.2 Å². The van der Waals surface area contributed by atoms with Crippen molar-refractivity contribution in [2.24, 2.45) is 5.92 Å². The fraction of sp³-hybridized carbons (Fsp3) is 0.625. The molecule has 2 aliphatic rings. The Morgan fingerprint density at radius 2 is 2.05 bits per heavy atom. The standard InChI is InChI=1S/C16H24N2O2/c1-20-15-11-13(5-6-14(15)19)16(12-3-2-4-12)18-9-7-17-8-10-18/h5-6,11-12,16-17,19H,2-4,7-10H2,1H3/t16-/m0/s1. The van der Waals surface area contributed by atoms with Gasteiger partial charge in [-0.2, -0.15) is 0 Å². The Kier molecular flexibility index (Phi) is 4.13. The zero-order chi connectivity index (χ0) is 13.9. The molecule has 2 fully saturated rings. The predicted octanol–water partition coefficient (Wildman–Crippen LogP) is 2.15. The van der Waals surface area contributed by atoms with Crippen LogP contribution in [0.3, 0.4) is 0 Å². The van der Waals surface area contributed by atoms with Gasteiger partial charge in [-0.05, 0) is 36.5 Å². The van der Waals surface area contributed by atoms with Crippen LogP contribution in [0.15, 0.2) is 18.2 Å². The van der Waals surface area contributed by atoms with Crippen LogP contribution in [0.25, 0.3) is 0 Å². The van der Waals surface area contributed by atoms with E-state index in [9.17, 15) is 5.11 Å². The molecule has 1 saturated heterocycles. The van der Waals surface area contributed by atoms with Gasteiger partial charge in [0.05, 0.1) is 7.11 Å². The van der Waals surface area contributed by atoms with Crippen molar-refractivity contribution in [2.45, 2.75) is 25.3 Å². The molecule has 1 heterocycles. The second kappa shape index (κ2) is 6.02. The predicted molar refractivity (Wildman–Crippen MR) is 79.2 cm³/mol. The Hall–Kier alpha value is -1.26. The summed E-state index contributed by atoms with van der Waals surface area (Å²) in [5, 5.41) is 13.2. The van der Waals surface area contributed by atoms with Gasteiger partial charge >= 0.3 is 0 Å². The van der Waals surface area contributed by atoms with Crippen LogP contribution in [0, 0.1) is 5.92 Å². The van der Waals surface area contributed by atoms with Gasteiger partial charge in [-0.25, -0.2) is 0 Å². The molecule has 2 N–H and O–H groups in total. The van der Waals surface area contributed by atoms with E-state index in [1.54, 1.807) is 13.2 Å². The molecule has 1 aliphatic carbocycles. The van der Waals surface area contributed by atoms with E-state index in [2.05, 4.69) is 16.3 Å². The fourth-order valence-corrected chi connectivity index (χ4v) is 3.38. The van der Waals surface area contributed by atoms with Crippen molar-refractivity contribution in [1.29, 1.82) is 0 Å². The summed E-state index contributed by atoms with van der Waals surface area (Å²) >= 11 is 0. The smallest absolute Gasteiger partial charge is 0.160 e. The molecule has 4 nitrogen and oxygen atoms in total. The van der Waals surface area contributed by atoms with Crippen molar-refractivity contribution in [3.05, 3.63) is 23.8 Å². The lowest BCUT2D eigenvalue weighted by Crippen LogP contribution is -2.47. The summed E-state index contributed by atoms with van der Waals surface area (Å²) in [6.07, 6.45) is 3.98. The zero-order valence-corrected chi connectivity index (χ0v) is 12.1. The van der Waals surface area contributed by atoms with E-state index in [1.807, 2.05) is 6.07 Å². The molecule has 0 unspecified atom stereocenters. The van der Waals surface area contributed by atoms with E-state index in [0.717, 1.165) is 32.1 Å². The highest BCUT2D eigenvalue weighted by molar-refractivity contribution is 5.43. The van der Waals surface area contributed by atoms with Crippen LogP contribution in [-0.2, 0) is 0 Å². The molecule has 20 heavy (non-hydrogen) atoms. The molecule has 0 aromatic heterocycles. The number of methoxy groups -OCH3 is 1. The first-order valence-corrected chi connectivity index (χ1v) is 7.61. The number of benzene rings is 1. The first-order valence-electron chi connectivity index (χ1n) is 7.61. The van der Waals surface area contributed by atoms with Gasteiger partial charge in [0.25, 0.3) is 0 Å². The van der Waals surface area contributed by atoms with Crippen molar-refractivity contribution in [3.8, 4) is 11.5 Å². The maximum atomic E-state index is 9.79. The molecule has 1 saturated carbocycles. The topological polar surface area (TPSA) is 44.7 Å². The van der Waals surface area contributed by atoms with Crippen LogP contribution in [0.4, 0.5) is 0 Å². The lowest BCUT2D eigenvalue weighted by molar-refractivity contribution is 0.0835. The van der Waals surface area contributed by atoms with Gasteiger partial charge in [0.2, 0.25) is 0 Å². The molecule has 110 valence electrons. The van der Waals surface area contributed by atoms with Crippen LogP contribution < -0.4 is 10.1 Å². The summed E-state index contributed by atoms with van der Waals surface area (Å²) in [6.45, 7) is 4.34. The lowest BCUT2D eigenvalue weighted by Gasteiger charge is -2.43. The van der Waals surface area contributed by atoms with Crippen molar-refractivity contribution in [2.75, 3.05) is 33.3 Å². The molecule has 1 atom stereocenters. The Labute approximate surface area is 120 Å². The van der Waals surface area contributed by atoms with E-state index >= 15 is 0 Å². The number of hydrogen-bond acceptors (Lipinski definition) is 4. The van der Waals surface area contributed by atoms with Crippen LogP contribution in [0.1, 0.15) is 30.9 Å². The van der Waals surface area contributed by atoms with Crippen LogP contribution in [-0.4, -0.2) is 43.3 Å². The normalized spacial score (nSPS) is 22.2. The monoisotopic (exact) mass is 276 g/mol. The Balaban J connectivity index is 1.87. The summed E-state index contributed by atoms with van der Waals surface area (Å²) in [4.78, 5) is 2.59. The minimum Gasteiger partial charge on any atom is -0.504 e. The van der Waals surface area contributed by atoms with E-state index in [-0.39, 0.29) is 5.75 Å². The summed E-state index contributed by atoms with van der Waals surface area (Å²) in [5.74, 6) is 1.56. The van der Waals surface area contributed by atoms with Gasteiger partial charge in [0.15, 0.2) is 11.5 Å². The third-order valence-electron chi connectivity index (χ3n) is 4.69. The summed E-state index contributed by atoms with van der Waals surface area (Å²) < 4.78 is 5.27. The van der Waals surface area contributed by atoms with E-state index in [4.69, 9.17) is 4.74 Å². The number of hydrogen-bond donors (Lipinski definition) is 2. The molecule has 4 heteroatoms. The van der Waals surface area contributed by atoms with Crippen molar-refractivity contribution in [3.63, 3.8) is 0 Å². The Morgan fingerprint density at radius 3 is 2.65 bits per heavy atom. The van der Waals surface area contributed by atoms with Gasteiger partial charge in [-0.15, -0.1) is 0 Å². The number of aromatic hydroxyl groups is 1. The molecule has 1 aromatic carbocycles. The van der Waals surface area contributed by atoms with E-state index < -0.39 is 0 Å². The Bertz CT molecular complexity index is 454. The molecular weight excluding hydrogens is 252 g/mol. The van der Waals surface area contributed by atoms with Crippen LogP contribution in [0.5, 0.6) is 11.5 Å². The van der Waals surface area contributed by atoms with Gasteiger partial charge < -0.3 is 15.2 Å². The average molecular weight is 276 g/mol. The fourth-order valence-electron chi connectivity index (χ4n) is 3.38. The quantitative estimate of drug-likeness (QED) is 0.884. The average Bonchev–Trinajstić information content (AvgIpc) is 2.44. The lowest BCUT2D eigenvalue weighted by atomic mass is 9.76.